The van der Waals surface area contributed by atoms with Crippen molar-refractivity contribution in [1.29, 1.82) is 0 Å². The average Bonchev–Trinajstić information content (AvgIpc) is 3.15. The van der Waals surface area contributed by atoms with E-state index in [-0.39, 0.29) is 31.1 Å². The number of esters is 3. The van der Waals surface area contributed by atoms with Crippen molar-refractivity contribution in [3.8, 4) is 0 Å². The van der Waals surface area contributed by atoms with E-state index >= 15 is 0 Å². The van der Waals surface area contributed by atoms with Gasteiger partial charge in [-0.3, -0.25) is 14.4 Å². The van der Waals surface area contributed by atoms with Gasteiger partial charge in [-0.2, -0.15) is 0 Å². The molecule has 0 bridgehead atoms. The molecular formula is C48H92O6. The molecule has 6 heteroatoms. The average molecular weight is 765 g/mol. The number of ether oxygens (including phenoxy) is 3. The van der Waals surface area contributed by atoms with E-state index in [1.54, 1.807) is 0 Å². The zero-order valence-corrected chi connectivity index (χ0v) is 36.7. The molecule has 0 aliphatic heterocycles. The second-order valence-electron chi connectivity index (χ2n) is 16.9. The Morgan fingerprint density at radius 2 is 0.611 bits per heavy atom. The maximum atomic E-state index is 12.5. The molecule has 0 unspecified atom stereocenters. The molecule has 0 aromatic carbocycles. The lowest BCUT2D eigenvalue weighted by molar-refractivity contribution is -0.167. The molecule has 1 atom stereocenters. The molecule has 0 spiro atoms. The molecule has 0 amide bonds. The van der Waals surface area contributed by atoms with E-state index in [2.05, 4.69) is 27.7 Å². The van der Waals surface area contributed by atoms with Gasteiger partial charge >= 0.3 is 17.9 Å². The highest BCUT2D eigenvalue weighted by molar-refractivity contribution is 5.71. The monoisotopic (exact) mass is 765 g/mol. The van der Waals surface area contributed by atoms with Gasteiger partial charge in [0.1, 0.15) is 13.2 Å². The largest absolute Gasteiger partial charge is 0.462 e. The quantitative estimate of drug-likeness (QED) is 0.0349. The molecule has 0 aromatic rings. The lowest BCUT2D eigenvalue weighted by Crippen LogP contribution is -2.30. The zero-order valence-electron chi connectivity index (χ0n) is 36.7. The van der Waals surface area contributed by atoms with E-state index in [9.17, 15) is 14.4 Å². The van der Waals surface area contributed by atoms with Crippen LogP contribution in [0.2, 0.25) is 0 Å². The summed E-state index contributed by atoms with van der Waals surface area (Å²) >= 11 is 0. The van der Waals surface area contributed by atoms with Crippen molar-refractivity contribution < 1.29 is 28.6 Å². The minimum atomic E-state index is -0.757. The highest BCUT2D eigenvalue weighted by Crippen LogP contribution is 2.17. The summed E-state index contributed by atoms with van der Waals surface area (Å²) in [5.74, 6) is -0.0159. The number of rotatable bonds is 43. The number of hydrogen-bond donors (Lipinski definition) is 0. The zero-order chi connectivity index (χ0) is 39.6. The first kappa shape index (κ1) is 52.4. The van der Waals surface area contributed by atoms with Gasteiger partial charge in [0.25, 0.3) is 0 Å². The van der Waals surface area contributed by atoms with Crippen LogP contribution in [0.25, 0.3) is 0 Å². The van der Waals surface area contributed by atoms with Crippen LogP contribution >= 0.6 is 0 Å². The van der Waals surface area contributed by atoms with Crippen LogP contribution < -0.4 is 0 Å². The number of carbonyl (C=O) groups is 3. The van der Waals surface area contributed by atoms with Crippen molar-refractivity contribution in [2.75, 3.05) is 13.2 Å². The Hall–Kier alpha value is -1.59. The van der Waals surface area contributed by atoms with Crippen LogP contribution in [-0.2, 0) is 28.6 Å². The van der Waals surface area contributed by atoms with Crippen LogP contribution in [-0.4, -0.2) is 37.2 Å². The lowest BCUT2D eigenvalue weighted by atomic mass is 10.0. The van der Waals surface area contributed by atoms with Crippen molar-refractivity contribution in [2.24, 2.45) is 5.92 Å². The van der Waals surface area contributed by atoms with Crippen LogP contribution in [0.5, 0.6) is 0 Å². The van der Waals surface area contributed by atoms with Crippen molar-refractivity contribution in [3.63, 3.8) is 0 Å². The van der Waals surface area contributed by atoms with Crippen LogP contribution in [0.15, 0.2) is 0 Å². The first-order valence-corrected chi connectivity index (χ1v) is 23.9. The molecular weight excluding hydrogens is 673 g/mol. The van der Waals surface area contributed by atoms with E-state index < -0.39 is 6.10 Å². The molecule has 0 aliphatic rings. The van der Waals surface area contributed by atoms with Gasteiger partial charge in [0.05, 0.1) is 0 Å². The van der Waals surface area contributed by atoms with Gasteiger partial charge in [-0.05, 0) is 25.2 Å². The number of carbonyl (C=O) groups excluding carboxylic acids is 3. The van der Waals surface area contributed by atoms with E-state index in [1.807, 2.05) is 0 Å². The minimum Gasteiger partial charge on any atom is -0.462 e. The Kier molecular flexibility index (Phi) is 41.3. The Bertz CT molecular complexity index is 811. The van der Waals surface area contributed by atoms with E-state index in [1.165, 1.54) is 154 Å². The van der Waals surface area contributed by atoms with Gasteiger partial charge in [0.2, 0.25) is 0 Å². The summed E-state index contributed by atoms with van der Waals surface area (Å²) in [5, 5.41) is 0. The SMILES string of the molecule is CCCCCCCCCCCCCCCC(=O)OC[C@H](COC(=O)CCCCCCCCCCCCCCCCCC(C)C)OC(=O)CCCCCCC. The predicted molar refractivity (Wildman–Crippen MR) is 229 cm³/mol. The summed E-state index contributed by atoms with van der Waals surface area (Å²) in [4.78, 5) is 37.5. The molecule has 54 heavy (non-hydrogen) atoms. The van der Waals surface area contributed by atoms with E-state index in [0.717, 1.165) is 70.1 Å². The molecule has 0 saturated heterocycles. The van der Waals surface area contributed by atoms with Gasteiger partial charge in [-0.1, -0.05) is 227 Å². The fourth-order valence-corrected chi connectivity index (χ4v) is 7.16. The first-order valence-electron chi connectivity index (χ1n) is 23.9. The van der Waals surface area contributed by atoms with Gasteiger partial charge in [-0.25, -0.2) is 0 Å². The standard InChI is InChI=1S/C48H92O6/c1-5-7-9-11-12-13-14-18-22-25-28-32-35-39-46(49)52-42-45(54-48(51)41-37-30-10-8-6-2)43-53-47(50)40-36-33-29-26-23-20-17-15-16-19-21-24-27-31-34-38-44(3)4/h44-45H,5-43H2,1-4H3/t45-/m1/s1. The van der Waals surface area contributed by atoms with Gasteiger partial charge in [-0.15, -0.1) is 0 Å². The van der Waals surface area contributed by atoms with Crippen LogP contribution in [0.4, 0.5) is 0 Å². The third-order valence-corrected chi connectivity index (χ3v) is 10.8. The van der Waals surface area contributed by atoms with Gasteiger partial charge in [0.15, 0.2) is 6.10 Å². The Morgan fingerprint density at radius 3 is 0.907 bits per heavy atom. The van der Waals surface area contributed by atoms with Gasteiger partial charge < -0.3 is 14.2 Å². The highest BCUT2D eigenvalue weighted by atomic mass is 16.6. The van der Waals surface area contributed by atoms with Gasteiger partial charge in [0, 0.05) is 19.3 Å². The van der Waals surface area contributed by atoms with Crippen molar-refractivity contribution in [1.82, 2.24) is 0 Å². The van der Waals surface area contributed by atoms with Crippen molar-refractivity contribution >= 4 is 17.9 Å². The number of unbranched alkanes of at least 4 members (excludes halogenated alkanes) is 30. The molecule has 0 aliphatic carbocycles. The third-order valence-electron chi connectivity index (χ3n) is 10.8. The molecule has 0 heterocycles. The second-order valence-corrected chi connectivity index (χ2v) is 16.9. The molecule has 0 N–H and O–H groups in total. The summed E-state index contributed by atoms with van der Waals surface area (Å²) in [6, 6.07) is 0. The predicted octanol–water partition coefficient (Wildman–Crippen LogP) is 15.1. The lowest BCUT2D eigenvalue weighted by Gasteiger charge is -2.18. The molecule has 0 saturated carbocycles. The first-order chi connectivity index (χ1) is 26.4. The summed E-state index contributed by atoms with van der Waals surface area (Å²) in [6.45, 7) is 8.94. The van der Waals surface area contributed by atoms with Crippen LogP contribution in [0.3, 0.4) is 0 Å². The van der Waals surface area contributed by atoms with Crippen molar-refractivity contribution in [2.45, 2.75) is 271 Å². The maximum absolute atomic E-state index is 12.5. The minimum absolute atomic E-state index is 0.0648. The summed E-state index contributed by atoms with van der Waals surface area (Å²) in [7, 11) is 0. The third kappa shape index (κ3) is 41.6. The van der Waals surface area contributed by atoms with Crippen molar-refractivity contribution in [3.05, 3.63) is 0 Å². The van der Waals surface area contributed by atoms with Crippen LogP contribution in [0, 0.1) is 5.92 Å². The molecule has 6 nitrogen and oxygen atoms in total. The molecule has 0 radical (unpaired) electrons. The topological polar surface area (TPSA) is 78.9 Å². The Labute approximate surface area is 336 Å². The van der Waals surface area contributed by atoms with Crippen LogP contribution in [0.1, 0.15) is 265 Å². The van der Waals surface area contributed by atoms with E-state index in [4.69, 9.17) is 14.2 Å². The highest BCUT2D eigenvalue weighted by Gasteiger charge is 2.19. The Balaban J connectivity index is 4.08. The maximum Gasteiger partial charge on any atom is 0.306 e. The molecule has 0 aromatic heterocycles. The smallest absolute Gasteiger partial charge is 0.306 e. The normalized spacial score (nSPS) is 11.9. The Morgan fingerprint density at radius 1 is 0.352 bits per heavy atom. The number of hydrogen-bond acceptors (Lipinski definition) is 6. The van der Waals surface area contributed by atoms with E-state index in [0.29, 0.717) is 19.3 Å². The second kappa shape index (κ2) is 42.6. The fourth-order valence-electron chi connectivity index (χ4n) is 7.16. The fraction of sp³-hybridized carbons (Fsp3) is 0.938. The molecule has 0 fully saturated rings. The summed E-state index contributed by atoms with van der Waals surface area (Å²) in [5.41, 5.74) is 0. The molecule has 320 valence electrons. The molecule has 0 rings (SSSR count). The summed E-state index contributed by atoms with van der Waals surface area (Å²) < 4.78 is 16.6. The summed E-state index contributed by atoms with van der Waals surface area (Å²) in [6.07, 6.45) is 42.6.